The third-order valence-corrected chi connectivity index (χ3v) is 2.99. The van der Waals surface area contributed by atoms with Crippen molar-refractivity contribution in [3.05, 3.63) is 54.2 Å². The molecule has 1 aromatic heterocycles. The Labute approximate surface area is 116 Å². The van der Waals surface area contributed by atoms with Crippen LogP contribution in [0.25, 0.3) is 10.8 Å². The second-order valence-electron chi connectivity index (χ2n) is 4.44. The molecule has 3 rings (SSSR count). The van der Waals surface area contributed by atoms with Crippen LogP contribution in [0.3, 0.4) is 0 Å². The number of rotatable bonds is 3. The molecule has 0 atom stereocenters. The van der Waals surface area contributed by atoms with Crippen molar-refractivity contribution < 1.29 is 4.74 Å². The number of hydrazine groups is 1. The monoisotopic (exact) mass is 266 g/mol. The predicted molar refractivity (Wildman–Crippen MR) is 78.6 cm³/mol. The predicted octanol–water partition coefficient (Wildman–Crippen LogP) is 3.02. The van der Waals surface area contributed by atoms with Crippen LogP contribution in [0.5, 0.6) is 11.6 Å². The molecule has 100 valence electrons. The van der Waals surface area contributed by atoms with Crippen LogP contribution in [0, 0.1) is 6.92 Å². The summed E-state index contributed by atoms with van der Waals surface area (Å²) in [6.07, 6.45) is 1.67. The Hall–Kier alpha value is -2.66. The minimum Gasteiger partial charge on any atom is -0.439 e. The Bertz CT molecular complexity index is 758. The first-order chi connectivity index (χ1) is 9.76. The lowest BCUT2D eigenvalue weighted by molar-refractivity contribution is 0.459. The fraction of sp³-hybridized carbons (Fsp3) is 0.0667. The van der Waals surface area contributed by atoms with Gasteiger partial charge in [0.15, 0.2) is 0 Å². The number of nitrogens with one attached hydrogen (secondary N) is 1. The molecule has 1 heterocycles. The number of fused-ring (bicyclic) bond motifs is 1. The smallest absolute Gasteiger partial charge is 0.240 e. The highest BCUT2D eigenvalue weighted by molar-refractivity contribution is 5.83. The molecule has 0 fully saturated rings. The maximum atomic E-state index is 5.81. The molecule has 0 unspecified atom stereocenters. The van der Waals surface area contributed by atoms with Crippen molar-refractivity contribution in [2.24, 2.45) is 5.84 Å². The van der Waals surface area contributed by atoms with E-state index in [0.29, 0.717) is 11.8 Å². The molecule has 5 nitrogen and oxygen atoms in total. The fourth-order valence-corrected chi connectivity index (χ4v) is 1.94. The summed E-state index contributed by atoms with van der Waals surface area (Å²) in [5.74, 6) is 6.85. The molecule has 0 amide bonds. The zero-order valence-electron chi connectivity index (χ0n) is 11.0. The molecule has 20 heavy (non-hydrogen) atoms. The van der Waals surface area contributed by atoms with E-state index in [4.69, 9.17) is 10.6 Å². The Morgan fingerprint density at radius 1 is 1.10 bits per heavy atom. The number of hydrogen-bond acceptors (Lipinski definition) is 5. The van der Waals surface area contributed by atoms with Crippen molar-refractivity contribution in [1.29, 1.82) is 0 Å². The number of nitrogens with zero attached hydrogens (tertiary/aromatic N) is 2. The molecule has 5 heteroatoms. The number of ether oxygens (including phenoxy) is 1. The van der Waals surface area contributed by atoms with Gasteiger partial charge >= 0.3 is 0 Å². The van der Waals surface area contributed by atoms with Crippen molar-refractivity contribution in [2.45, 2.75) is 6.92 Å². The van der Waals surface area contributed by atoms with Gasteiger partial charge in [0.05, 0.1) is 0 Å². The van der Waals surface area contributed by atoms with Crippen LogP contribution in [0.1, 0.15) is 5.56 Å². The number of hydrogen-bond donors (Lipinski definition) is 2. The molecular weight excluding hydrogens is 252 g/mol. The molecule has 0 bridgehead atoms. The summed E-state index contributed by atoms with van der Waals surface area (Å²) in [4.78, 5) is 8.22. The third kappa shape index (κ3) is 2.39. The van der Waals surface area contributed by atoms with Crippen LogP contribution in [0.4, 0.5) is 5.95 Å². The van der Waals surface area contributed by atoms with Gasteiger partial charge in [-0.25, -0.2) is 10.8 Å². The summed E-state index contributed by atoms with van der Waals surface area (Å²) in [5, 5.41) is 2.29. The molecule has 3 aromatic rings. The van der Waals surface area contributed by atoms with Gasteiger partial charge in [0, 0.05) is 11.8 Å². The van der Waals surface area contributed by atoms with E-state index in [1.165, 1.54) is 5.39 Å². The number of nitrogen functional groups attached to an aromatic ring is 1. The van der Waals surface area contributed by atoms with Crippen LogP contribution in [0.15, 0.2) is 48.7 Å². The summed E-state index contributed by atoms with van der Waals surface area (Å²) in [7, 11) is 0. The molecule has 0 spiro atoms. The van der Waals surface area contributed by atoms with Crippen molar-refractivity contribution in [1.82, 2.24) is 9.97 Å². The summed E-state index contributed by atoms with van der Waals surface area (Å²) >= 11 is 0. The number of benzene rings is 2. The Kier molecular flexibility index (Phi) is 3.18. The van der Waals surface area contributed by atoms with Gasteiger partial charge in [-0.2, -0.15) is 4.98 Å². The van der Waals surface area contributed by atoms with Crippen LogP contribution in [-0.2, 0) is 0 Å². The molecule has 3 N–H and O–H groups in total. The lowest BCUT2D eigenvalue weighted by atomic mass is 10.1. The largest absolute Gasteiger partial charge is 0.439 e. The normalized spacial score (nSPS) is 10.5. The van der Waals surface area contributed by atoms with E-state index in [2.05, 4.69) is 21.5 Å². The topological polar surface area (TPSA) is 73.1 Å². The van der Waals surface area contributed by atoms with E-state index in [9.17, 15) is 0 Å². The highest BCUT2D eigenvalue weighted by Gasteiger charge is 2.06. The summed E-state index contributed by atoms with van der Waals surface area (Å²) < 4.78 is 5.81. The Morgan fingerprint density at radius 2 is 1.90 bits per heavy atom. The quantitative estimate of drug-likeness (QED) is 0.563. The van der Waals surface area contributed by atoms with Gasteiger partial charge in [-0.1, -0.05) is 30.3 Å². The van der Waals surface area contributed by atoms with E-state index >= 15 is 0 Å². The number of anilines is 1. The summed E-state index contributed by atoms with van der Waals surface area (Å²) in [6, 6.07) is 14.0. The van der Waals surface area contributed by atoms with Crippen LogP contribution in [-0.4, -0.2) is 9.97 Å². The van der Waals surface area contributed by atoms with Crippen molar-refractivity contribution >= 4 is 16.7 Å². The summed E-state index contributed by atoms with van der Waals surface area (Å²) in [5.41, 5.74) is 3.25. The Morgan fingerprint density at radius 3 is 2.70 bits per heavy atom. The highest BCUT2D eigenvalue weighted by atomic mass is 16.5. The van der Waals surface area contributed by atoms with Gasteiger partial charge in [0.2, 0.25) is 11.8 Å². The van der Waals surface area contributed by atoms with E-state index in [1.54, 1.807) is 6.20 Å². The first-order valence-corrected chi connectivity index (χ1v) is 6.23. The fourth-order valence-electron chi connectivity index (χ4n) is 1.94. The van der Waals surface area contributed by atoms with Gasteiger partial charge in [-0.05, 0) is 29.8 Å². The molecule has 0 saturated carbocycles. The van der Waals surface area contributed by atoms with E-state index in [-0.39, 0.29) is 0 Å². The number of aryl methyl sites for hydroxylation is 1. The molecule has 2 aromatic carbocycles. The molecule has 0 radical (unpaired) electrons. The molecule has 0 aliphatic rings. The third-order valence-electron chi connectivity index (χ3n) is 2.99. The zero-order valence-corrected chi connectivity index (χ0v) is 11.0. The van der Waals surface area contributed by atoms with Crippen LogP contribution >= 0.6 is 0 Å². The lowest BCUT2D eigenvalue weighted by Gasteiger charge is -2.09. The maximum absolute atomic E-state index is 5.81. The van der Waals surface area contributed by atoms with E-state index in [1.807, 2.05) is 43.3 Å². The van der Waals surface area contributed by atoms with Crippen molar-refractivity contribution in [3.63, 3.8) is 0 Å². The zero-order chi connectivity index (χ0) is 13.9. The van der Waals surface area contributed by atoms with E-state index < -0.39 is 0 Å². The van der Waals surface area contributed by atoms with Crippen molar-refractivity contribution in [3.8, 4) is 11.6 Å². The van der Waals surface area contributed by atoms with Gasteiger partial charge in [-0.3, -0.25) is 5.43 Å². The van der Waals surface area contributed by atoms with Gasteiger partial charge in [0.1, 0.15) is 5.75 Å². The average Bonchev–Trinajstić information content (AvgIpc) is 2.49. The Balaban J connectivity index is 1.96. The highest BCUT2D eigenvalue weighted by Crippen LogP contribution is 2.26. The minimum absolute atomic E-state index is 0.325. The molecule has 0 aliphatic carbocycles. The summed E-state index contributed by atoms with van der Waals surface area (Å²) in [6.45, 7) is 1.89. The van der Waals surface area contributed by atoms with E-state index in [0.717, 1.165) is 16.7 Å². The van der Waals surface area contributed by atoms with Crippen molar-refractivity contribution in [2.75, 3.05) is 5.43 Å². The van der Waals surface area contributed by atoms with Gasteiger partial charge in [-0.15, -0.1) is 0 Å². The first-order valence-electron chi connectivity index (χ1n) is 6.23. The molecular formula is C15H14N4O. The average molecular weight is 266 g/mol. The molecule has 0 aliphatic heterocycles. The second-order valence-corrected chi connectivity index (χ2v) is 4.44. The maximum Gasteiger partial charge on any atom is 0.240 e. The number of aromatic nitrogens is 2. The van der Waals surface area contributed by atoms with Crippen LogP contribution < -0.4 is 16.0 Å². The SMILES string of the molecule is Cc1cnc(NN)nc1Oc1ccc2ccccc2c1. The minimum atomic E-state index is 0.325. The van der Waals surface area contributed by atoms with Crippen LogP contribution in [0.2, 0.25) is 0 Å². The standard InChI is InChI=1S/C15H14N4O/c1-10-9-17-15(19-16)18-14(10)20-13-7-6-11-4-2-3-5-12(11)8-13/h2-9H,16H2,1H3,(H,17,18,19). The first kappa shape index (κ1) is 12.4. The second kappa shape index (κ2) is 5.14. The van der Waals surface area contributed by atoms with Gasteiger partial charge in [0.25, 0.3) is 0 Å². The van der Waals surface area contributed by atoms with Gasteiger partial charge < -0.3 is 4.74 Å². The number of nitrogens with two attached hydrogens (primary N) is 1. The molecule has 0 saturated heterocycles. The lowest BCUT2D eigenvalue weighted by Crippen LogP contribution is -2.11.